The van der Waals surface area contributed by atoms with Gasteiger partial charge in [-0.15, -0.1) is 0 Å². The Hall–Kier alpha value is -4.49. The number of pyridine rings is 1. The number of benzene rings is 2. The molecule has 47 heavy (non-hydrogen) atoms. The largest absolute Gasteiger partial charge is 0.508 e. The number of halogens is 6. The van der Waals surface area contributed by atoms with Crippen molar-refractivity contribution in [2.24, 2.45) is 17.8 Å². The van der Waals surface area contributed by atoms with Gasteiger partial charge >= 0.3 is 12.4 Å². The number of hydrogen-bond donors (Lipinski definition) is 2. The molecule has 1 aliphatic carbocycles. The second-order valence-corrected chi connectivity index (χ2v) is 11.8. The predicted octanol–water partition coefficient (Wildman–Crippen LogP) is 6.66. The number of carbonyl (C=O) groups is 2. The van der Waals surface area contributed by atoms with Crippen LogP contribution in [0, 0.1) is 17.8 Å². The number of carbonyl (C=O) groups excluding carboxylic acids is 2. The van der Waals surface area contributed by atoms with Gasteiger partial charge in [0.05, 0.1) is 53.7 Å². The van der Waals surface area contributed by atoms with Crippen LogP contribution in [-0.2, 0) is 26.7 Å². The number of amides is 2. The fraction of sp³-hybridized carbons (Fsp3) is 0.324. The Morgan fingerprint density at radius 2 is 1.66 bits per heavy atom. The Kier molecular flexibility index (Phi) is 8.47. The molecule has 0 bridgehead atoms. The summed E-state index contributed by atoms with van der Waals surface area (Å²) in [5.41, 5.74) is -0.795. The lowest BCUT2D eigenvalue weighted by atomic mass is 9.69. The smallest absolute Gasteiger partial charge is 0.416 e. The summed E-state index contributed by atoms with van der Waals surface area (Å²) < 4.78 is 87.6. The van der Waals surface area contributed by atoms with E-state index in [1.165, 1.54) is 0 Å². The van der Waals surface area contributed by atoms with Gasteiger partial charge in [0.1, 0.15) is 5.75 Å². The van der Waals surface area contributed by atoms with Gasteiger partial charge in [-0.25, -0.2) is 4.90 Å². The second kappa shape index (κ2) is 12.3. The number of anilines is 1. The van der Waals surface area contributed by atoms with Gasteiger partial charge in [-0.05, 0) is 90.1 Å². The molecule has 6 rings (SSSR count). The van der Waals surface area contributed by atoms with Crippen molar-refractivity contribution in [3.05, 3.63) is 100 Å². The molecular weight excluding hydrogens is 630 g/mol. The van der Waals surface area contributed by atoms with Gasteiger partial charge in [-0.3, -0.25) is 14.6 Å². The summed E-state index contributed by atoms with van der Waals surface area (Å²) >= 11 is 0. The third-order valence-corrected chi connectivity index (χ3v) is 8.91. The van der Waals surface area contributed by atoms with Crippen LogP contribution in [-0.4, -0.2) is 46.3 Å². The molecule has 7 nitrogen and oxygen atoms in total. The van der Waals surface area contributed by atoms with E-state index in [1.807, 2.05) is 24.3 Å². The Morgan fingerprint density at radius 1 is 0.936 bits per heavy atom. The summed E-state index contributed by atoms with van der Waals surface area (Å²) in [6.07, 6.45) is -6.70. The summed E-state index contributed by atoms with van der Waals surface area (Å²) in [5.74, 6) is -4.62. The lowest BCUT2D eigenvalue weighted by Gasteiger charge is -2.31. The van der Waals surface area contributed by atoms with Crippen molar-refractivity contribution in [1.82, 2.24) is 4.98 Å². The zero-order chi connectivity index (χ0) is 33.7. The molecule has 0 saturated carbocycles. The first-order chi connectivity index (χ1) is 22.3. The molecule has 1 aromatic heterocycles. The van der Waals surface area contributed by atoms with Crippen molar-refractivity contribution in [3.8, 4) is 5.75 Å². The third kappa shape index (κ3) is 6.29. The maximum absolute atomic E-state index is 13.8. The number of nitrogens with zero attached hydrogens (tertiary/aromatic N) is 2. The summed E-state index contributed by atoms with van der Waals surface area (Å²) in [6, 6.07) is 12.7. The van der Waals surface area contributed by atoms with Crippen molar-refractivity contribution in [3.63, 3.8) is 0 Å². The van der Waals surface area contributed by atoms with E-state index >= 15 is 0 Å². The number of phenolic OH excluding ortho intramolecular Hbond substituents is 1. The predicted molar refractivity (Wildman–Crippen MR) is 157 cm³/mol. The van der Waals surface area contributed by atoms with Gasteiger partial charge in [0, 0.05) is 12.1 Å². The minimum atomic E-state index is -5.16. The molecule has 0 spiro atoms. The monoisotopic (exact) mass is 658 g/mol. The number of hydrogen-bond acceptors (Lipinski definition) is 6. The molecule has 0 unspecified atom stereocenters. The van der Waals surface area contributed by atoms with Crippen LogP contribution in [0.4, 0.5) is 32.0 Å². The van der Waals surface area contributed by atoms with Gasteiger partial charge in [-0.2, -0.15) is 26.3 Å². The molecule has 13 heteroatoms. The topological polar surface area (TPSA) is 100.0 Å². The van der Waals surface area contributed by atoms with E-state index in [0.717, 1.165) is 11.1 Å². The molecule has 0 radical (unpaired) electrons. The standard InChI is InChI=1S/C34H28F6N2O5/c35-33(36,37)21-13-22(34(38,39)40)15-23(14-21)42-31(45)25-12-20(16-43)29-26(30(25)32(42)46)17-47-28(29)8-7-19(27-6-1-2-9-41-27)10-18-4-3-5-24(44)11-18/h1-6,9-11,13-15,25-26,28,30,43-44H,7-8,12,16-17H2/b19-10-/t25-,26+,28-,30-/m1/s1. The van der Waals surface area contributed by atoms with Crippen LogP contribution >= 0.6 is 0 Å². The number of aliphatic hydroxyl groups is 1. The number of rotatable bonds is 7. The van der Waals surface area contributed by atoms with E-state index in [4.69, 9.17) is 4.74 Å². The molecule has 2 amide bonds. The van der Waals surface area contributed by atoms with Crippen LogP contribution in [0.1, 0.15) is 41.6 Å². The van der Waals surface area contributed by atoms with Gasteiger partial charge in [0.2, 0.25) is 11.8 Å². The van der Waals surface area contributed by atoms with Crippen molar-refractivity contribution in [1.29, 1.82) is 0 Å². The lowest BCUT2D eigenvalue weighted by Crippen LogP contribution is -2.35. The quantitative estimate of drug-likeness (QED) is 0.167. The summed E-state index contributed by atoms with van der Waals surface area (Å²) in [6.45, 7) is -0.493. The SMILES string of the molecule is O=C1[C@@H]2[C@@H](CC(CO)=C3[C@@H](CC/C(=C/c4cccc(O)c4)c4ccccn4)OC[C@@H]32)C(=O)N1c1cc(C(F)(F)F)cc(C(F)(F)F)c1. The van der Waals surface area contributed by atoms with Gasteiger partial charge in [0.15, 0.2) is 0 Å². The normalized spacial score (nSPS) is 23.4. The van der Waals surface area contributed by atoms with Crippen molar-refractivity contribution >= 4 is 29.2 Å². The third-order valence-electron chi connectivity index (χ3n) is 8.91. The Morgan fingerprint density at radius 3 is 2.28 bits per heavy atom. The average Bonchev–Trinajstić information content (AvgIpc) is 3.56. The van der Waals surface area contributed by atoms with E-state index in [0.29, 0.717) is 46.7 Å². The molecule has 2 aliphatic heterocycles. The zero-order valence-electron chi connectivity index (χ0n) is 24.6. The number of imide groups is 1. The molecule has 2 aromatic carbocycles. The van der Waals surface area contributed by atoms with Gasteiger partial charge < -0.3 is 14.9 Å². The number of aliphatic hydroxyl groups excluding tert-OH is 1. The minimum Gasteiger partial charge on any atom is -0.508 e. The number of alkyl halides is 6. The van der Waals surface area contributed by atoms with Crippen LogP contribution in [0.2, 0.25) is 0 Å². The van der Waals surface area contributed by atoms with Crippen molar-refractivity contribution in [2.45, 2.75) is 37.7 Å². The first kappa shape index (κ1) is 32.5. The van der Waals surface area contributed by atoms with Crippen molar-refractivity contribution in [2.75, 3.05) is 18.1 Å². The Labute approximate surface area is 264 Å². The number of fused-ring (bicyclic) bond motifs is 3. The van der Waals surface area contributed by atoms with E-state index in [-0.39, 0.29) is 24.8 Å². The molecule has 3 heterocycles. The first-order valence-electron chi connectivity index (χ1n) is 14.8. The highest BCUT2D eigenvalue weighted by molar-refractivity contribution is 6.22. The van der Waals surface area contributed by atoms with E-state index < -0.39 is 71.4 Å². The van der Waals surface area contributed by atoms with E-state index in [1.54, 1.807) is 30.5 Å². The number of aromatic nitrogens is 1. The van der Waals surface area contributed by atoms with Crippen LogP contribution in [0.3, 0.4) is 0 Å². The molecular formula is C34H28F6N2O5. The molecule has 3 aliphatic rings. The van der Waals surface area contributed by atoms with Gasteiger partial charge in [0.25, 0.3) is 0 Å². The van der Waals surface area contributed by atoms with Gasteiger partial charge in [-0.1, -0.05) is 18.2 Å². The van der Waals surface area contributed by atoms with Crippen LogP contribution in [0.25, 0.3) is 11.6 Å². The Bertz CT molecular complexity index is 1740. The number of allylic oxidation sites excluding steroid dienone is 1. The van der Waals surface area contributed by atoms with Crippen molar-refractivity contribution < 1.29 is 50.9 Å². The minimum absolute atomic E-state index is 0.0247. The highest BCUT2D eigenvalue weighted by Gasteiger charge is 2.57. The highest BCUT2D eigenvalue weighted by Crippen LogP contribution is 2.51. The van der Waals surface area contributed by atoms with Crippen LogP contribution in [0.15, 0.2) is 78.0 Å². The number of aromatic hydroxyl groups is 1. The fourth-order valence-corrected chi connectivity index (χ4v) is 6.87. The molecule has 2 fully saturated rings. The maximum Gasteiger partial charge on any atom is 0.416 e. The number of ether oxygens (including phenoxy) is 1. The molecule has 3 aromatic rings. The summed E-state index contributed by atoms with van der Waals surface area (Å²) in [5, 5.41) is 20.3. The second-order valence-electron chi connectivity index (χ2n) is 11.8. The highest BCUT2D eigenvalue weighted by atomic mass is 19.4. The van der Waals surface area contributed by atoms with E-state index in [9.17, 15) is 46.1 Å². The molecule has 2 N–H and O–H groups in total. The molecule has 2 saturated heterocycles. The molecule has 246 valence electrons. The summed E-state index contributed by atoms with van der Waals surface area (Å²) in [7, 11) is 0. The number of phenols is 1. The fourth-order valence-electron chi connectivity index (χ4n) is 6.87. The average molecular weight is 659 g/mol. The first-order valence-corrected chi connectivity index (χ1v) is 14.8. The van der Waals surface area contributed by atoms with Crippen LogP contribution < -0.4 is 4.90 Å². The molecule has 4 atom stereocenters. The maximum atomic E-state index is 13.8. The van der Waals surface area contributed by atoms with E-state index in [2.05, 4.69) is 4.98 Å². The summed E-state index contributed by atoms with van der Waals surface area (Å²) in [4.78, 5) is 32.2. The van der Waals surface area contributed by atoms with Crippen LogP contribution in [0.5, 0.6) is 5.75 Å². The Balaban J connectivity index is 1.29. The zero-order valence-corrected chi connectivity index (χ0v) is 24.6. The lowest BCUT2D eigenvalue weighted by molar-refractivity contribution is -0.143.